The van der Waals surface area contributed by atoms with E-state index in [1.807, 2.05) is 30.3 Å². The molecule has 39 heavy (non-hydrogen) atoms. The Morgan fingerprint density at radius 3 is 2.77 bits per heavy atom. The third kappa shape index (κ3) is 5.70. The smallest absolute Gasteiger partial charge is 0.255 e. The van der Waals surface area contributed by atoms with Gasteiger partial charge in [0, 0.05) is 36.3 Å². The van der Waals surface area contributed by atoms with Gasteiger partial charge in [-0.05, 0) is 25.5 Å². The van der Waals surface area contributed by atoms with E-state index in [2.05, 4.69) is 42.6 Å². The Morgan fingerprint density at radius 1 is 1.23 bits per heavy atom. The summed E-state index contributed by atoms with van der Waals surface area (Å²) in [6.07, 6.45) is 3.21. The number of aliphatic hydroxyl groups is 1. The number of hydrogen-bond acceptors (Lipinski definition) is 9. The molecule has 4 heterocycles. The number of rotatable bonds is 8. The van der Waals surface area contributed by atoms with Gasteiger partial charge in [0.1, 0.15) is 12.2 Å². The number of hydrazine groups is 1. The van der Waals surface area contributed by atoms with E-state index in [1.54, 1.807) is 18.3 Å². The van der Waals surface area contributed by atoms with Crippen molar-refractivity contribution in [2.24, 2.45) is 0 Å². The molecule has 1 saturated heterocycles. The minimum atomic E-state index is -1.66. The number of nitriles is 1. The van der Waals surface area contributed by atoms with Crippen LogP contribution in [0.15, 0.2) is 61.1 Å². The van der Waals surface area contributed by atoms with Crippen LogP contribution in [0, 0.1) is 11.3 Å². The van der Waals surface area contributed by atoms with Crippen LogP contribution in [0.25, 0.3) is 16.9 Å². The van der Waals surface area contributed by atoms with Gasteiger partial charge in [0.05, 0.1) is 41.3 Å². The molecule has 11 nitrogen and oxygen atoms in total. The fourth-order valence-electron chi connectivity index (χ4n) is 4.28. The lowest BCUT2D eigenvalue weighted by Crippen LogP contribution is -2.42. The fourth-order valence-corrected chi connectivity index (χ4v) is 4.28. The third-order valence-corrected chi connectivity index (χ3v) is 6.53. The summed E-state index contributed by atoms with van der Waals surface area (Å²) >= 11 is 0. The lowest BCUT2D eigenvalue weighted by Gasteiger charge is -2.23. The second-order valence-electron chi connectivity index (χ2n) is 9.91. The Balaban J connectivity index is 1.44. The Kier molecular flexibility index (Phi) is 7.21. The first-order chi connectivity index (χ1) is 18.7. The van der Waals surface area contributed by atoms with Gasteiger partial charge in [-0.25, -0.2) is 25.2 Å². The number of nitrogens with zero attached hydrogens (tertiary/aromatic N) is 5. The number of hydrogen-bond donors (Lipinski definition) is 5. The highest BCUT2D eigenvalue weighted by molar-refractivity contribution is 5.99. The zero-order valence-electron chi connectivity index (χ0n) is 21.4. The monoisotopic (exact) mass is 529 g/mol. The molecule has 200 valence electrons. The number of halogens is 1. The molecule has 5 rings (SSSR count). The van der Waals surface area contributed by atoms with E-state index < -0.39 is 17.7 Å². The third-order valence-electron chi connectivity index (χ3n) is 6.53. The van der Waals surface area contributed by atoms with Gasteiger partial charge in [0.15, 0.2) is 11.5 Å². The van der Waals surface area contributed by atoms with Crippen LogP contribution < -0.4 is 21.5 Å². The van der Waals surface area contributed by atoms with E-state index in [0.717, 1.165) is 5.56 Å². The maximum absolute atomic E-state index is 14.3. The van der Waals surface area contributed by atoms with Crippen molar-refractivity contribution in [3.05, 3.63) is 77.7 Å². The summed E-state index contributed by atoms with van der Waals surface area (Å²) in [4.78, 5) is 21.9. The van der Waals surface area contributed by atoms with E-state index in [9.17, 15) is 14.3 Å². The average molecular weight is 530 g/mol. The summed E-state index contributed by atoms with van der Waals surface area (Å²) in [5, 5.41) is 30.0. The van der Waals surface area contributed by atoms with Gasteiger partial charge in [-0.3, -0.25) is 4.79 Å². The second kappa shape index (κ2) is 10.7. The molecule has 1 aromatic carbocycles. The molecular formula is C27H28FN9O2. The van der Waals surface area contributed by atoms with Crippen molar-refractivity contribution in [1.29, 1.82) is 5.26 Å². The number of pyridine rings is 2. The van der Waals surface area contributed by atoms with E-state index in [0.29, 0.717) is 34.5 Å². The number of carbonyl (C=O) groups excluding carboxylic acids is 1. The van der Waals surface area contributed by atoms with E-state index >= 15 is 0 Å². The Bertz CT molecular complexity index is 1530. The van der Waals surface area contributed by atoms with Gasteiger partial charge in [-0.15, -0.1) is 0 Å². The maximum atomic E-state index is 14.3. The predicted molar refractivity (Wildman–Crippen MR) is 142 cm³/mol. The molecule has 2 unspecified atom stereocenters. The molecule has 0 radical (unpaired) electrons. The van der Waals surface area contributed by atoms with Gasteiger partial charge >= 0.3 is 0 Å². The summed E-state index contributed by atoms with van der Waals surface area (Å²) in [7, 11) is 0. The minimum Gasteiger partial charge on any atom is -0.387 e. The van der Waals surface area contributed by atoms with Crippen molar-refractivity contribution < 1.29 is 14.3 Å². The number of amides is 1. The van der Waals surface area contributed by atoms with Crippen molar-refractivity contribution in [2.75, 3.05) is 11.9 Å². The van der Waals surface area contributed by atoms with Crippen molar-refractivity contribution >= 4 is 22.6 Å². The molecule has 1 amide bonds. The SMILES string of the molecule is CC(C)(O)[C@H](F)CNC(=O)c1cnc(-n2ncc3cc(C#N)cnc32)cc1NC1CC(c2ccccc2)NN1. The van der Waals surface area contributed by atoms with Crippen LogP contribution in [0.4, 0.5) is 10.1 Å². The highest BCUT2D eigenvalue weighted by atomic mass is 19.1. The minimum absolute atomic E-state index is 0.0509. The van der Waals surface area contributed by atoms with Crippen LogP contribution in [-0.4, -0.2) is 55.2 Å². The molecule has 0 bridgehead atoms. The Morgan fingerprint density at radius 2 is 2.03 bits per heavy atom. The molecule has 0 aliphatic carbocycles. The molecule has 3 atom stereocenters. The van der Waals surface area contributed by atoms with Crippen LogP contribution in [0.2, 0.25) is 0 Å². The van der Waals surface area contributed by atoms with Crippen molar-refractivity contribution in [1.82, 2.24) is 35.9 Å². The number of carbonyl (C=O) groups is 1. The van der Waals surface area contributed by atoms with Gasteiger partial charge < -0.3 is 15.7 Å². The molecule has 5 N–H and O–H groups in total. The van der Waals surface area contributed by atoms with Crippen molar-refractivity contribution in [3.63, 3.8) is 0 Å². The number of fused-ring (bicyclic) bond motifs is 1. The molecular weight excluding hydrogens is 501 g/mol. The average Bonchev–Trinajstić information content (AvgIpc) is 3.58. The Hall–Kier alpha value is -4.44. The van der Waals surface area contributed by atoms with E-state index in [4.69, 9.17) is 5.26 Å². The molecule has 0 saturated carbocycles. The summed E-state index contributed by atoms with van der Waals surface area (Å²) in [5.74, 6) is -0.150. The number of nitrogens with one attached hydrogen (secondary N) is 4. The quantitative estimate of drug-likeness (QED) is 0.232. The summed E-state index contributed by atoms with van der Waals surface area (Å²) in [5.41, 5.74) is 7.56. The number of aromatic nitrogens is 4. The topological polar surface area (TPSA) is 153 Å². The molecule has 1 aliphatic rings. The summed E-state index contributed by atoms with van der Waals surface area (Å²) in [6, 6.07) is 15.4. The standard InChI is InChI=1S/C27H28FN9O2/c1-27(2,39)22(28)15-32-26(38)19-14-30-24(37-25-18(13-33-37)8-16(11-29)12-31-25)10-21(19)34-23-9-20(35-36-23)17-6-4-3-5-7-17/h3-8,10,12-14,20,22-23,35-36,39H,9,15H2,1-2H3,(H,30,34)(H,32,38)/t20?,22-,23?/m1/s1. The van der Waals surface area contributed by atoms with Gasteiger partial charge in [-0.1, -0.05) is 30.3 Å². The van der Waals surface area contributed by atoms with Crippen LogP contribution in [0.1, 0.15) is 47.8 Å². The van der Waals surface area contributed by atoms with E-state index in [-0.39, 0.29) is 24.3 Å². The largest absolute Gasteiger partial charge is 0.387 e. The first-order valence-electron chi connectivity index (χ1n) is 12.4. The Labute approximate surface area is 224 Å². The lowest BCUT2D eigenvalue weighted by atomic mass is 10.0. The molecule has 1 fully saturated rings. The van der Waals surface area contributed by atoms with Crippen molar-refractivity contribution in [3.8, 4) is 11.9 Å². The summed E-state index contributed by atoms with van der Waals surface area (Å²) < 4.78 is 15.8. The highest BCUT2D eigenvalue weighted by Crippen LogP contribution is 2.26. The molecule has 3 aromatic heterocycles. The number of alkyl halides is 1. The van der Waals surface area contributed by atoms with Crippen LogP contribution in [0.3, 0.4) is 0 Å². The van der Waals surface area contributed by atoms with Crippen LogP contribution in [0.5, 0.6) is 0 Å². The lowest BCUT2D eigenvalue weighted by molar-refractivity contribution is -0.00177. The maximum Gasteiger partial charge on any atom is 0.255 e. The zero-order valence-corrected chi connectivity index (χ0v) is 21.4. The van der Waals surface area contributed by atoms with Crippen molar-refractivity contribution in [2.45, 2.75) is 44.2 Å². The number of anilines is 1. The number of benzene rings is 1. The first kappa shape index (κ1) is 26.2. The molecule has 0 spiro atoms. The van der Waals surface area contributed by atoms with Crippen LogP contribution >= 0.6 is 0 Å². The summed E-state index contributed by atoms with van der Waals surface area (Å²) in [6.45, 7) is 2.33. The normalized spacial score (nSPS) is 18.0. The van der Waals surface area contributed by atoms with Crippen LogP contribution in [-0.2, 0) is 0 Å². The van der Waals surface area contributed by atoms with Gasteiger partial charge in [0.2, 0.25) is 0 Å². The fraction of sp³-hybridized carbons (Fsp3) is 0.296. The molecule has 1 aliphatic heterocycles. The first-order valence-corrected chi connectivity index (χ1v) is 12.4. The molecule has 12 heteroatoms. The zero-order chi connectivity index (χ0) is 27.6. The van der Waals surface area contributed by atoms with E-state index in [1.165, 1.54) is 30.9 Å². The highest BCUT2D eigenvalue weighted by Gasteiger charge is 2.29. The van der Waals surface area contributed by atoms with Gasteiger partial charge in [0.25, 0.3) is 5.91 Å². The predicted octanol–water partition coefficient (Wildman–Crippen LogP) is 2.50. The molecule has 4 aromatic rings. The van der Waals surface area contributed by atoms with Gasteiger partial charge in [-0.2, -0.15) is 15.0 Å². The second-order valence-corrected chi connectivity index (χ2v) is 9.91.